The lowest BCUT2D eigenvalue weighted by Crippen LogP contribution is -2.45. The summed E-state index contributed by atoms with van der Waals surface area (Å²) in [6, 6.07) is 17.1. The van der Waals surface area contributed by atoms with E-state index in [1.165, 1.54) is 0 Å². The van der Waals surface area contributed by atoms with E-state index >= 15 is 0 Å². The van der Waals surface area contributed by atoms with Crippen LogP contribution >= 0.6 is 0 Å². The fourth-order valence-electron chi connectivity index (χ4n) is 3.43. The van der Waals surface area contributed by atoms with E-state index in [9.17, 15) is 4.79 Å². The molecule has 0 atom stereocenters. The zero-order chi connectivity index (χ0) is 19.3. The topological polar surface area (TPSA) is 69.8 Å². The second-order valence-corrected chi connectivity index (χ2v) is 7.04. The number of hydrogen-bond donors (Lipinski definition) is 1. The highest BCUT2D eigenvalue weighted by Crippen LogP contribution is 2.21. The average molecular weight is 377 g/mol. The van der Waals surface area contributed by atoms with Crippen LogP contribution < -0.4 is 0 Å². The molecular weight excluding hydrogens is 354 g/mol. The van der Waals surface area contributed by atoms with Gasteiger partial charge in [0.05, 0.1) is 18.3 Å². The van der Waals surface area contributed by atoms with E-state index in [0.29, 0.717) is 12.1 Å². The third kappa shape index (κ3) is 4.47. The average Bonchev–Trinajstić information content (AvgIpc) is 3.19. The zero-order valence-corrected chi connectivity index (χ0v) is 15.6. The van der Waals surface area contributed by atoms with E-state index in [1.807, 2.05) is 42.5 Å². The van der Waals surface area contributed by atoms with Crippen molar-refractivity contribution in [1.29, 1.82) is 0 Å². The van der Waals surface area contributed by atoms with Gasteiger partial charge in [0.2, 0.25) is 5.89 Å². The van der Waals surface area contributed by atoms with Crippen molar-refractivity contribution in [1.82, 2.24) is 14.8 Å². The highest BCUT2D eigenvalue weighted by atomic mass is 16.4. The summed E-state index contributed by atoms with van der Waals surface area (Å²) in [6.07, 6.45) is 1.79. The van der Waals surface area contributed by atoms with Crippen LogP contribution in [0.25, 0.3) is 11.3 Å². The first kappa shape index (κ1) is 18.4. The van der Waals surface area contributed by atoms with Gasteiger partial charge < -0.3 is 9.52 Å². The van der Waals surface area contributed by atoms with E-state index in [4.69, 9.17) is 9.52 Å². The molecular formula is C22H23N3O3. The molecule has 4 rings (SSSR count). The van der Waals surface area contributed by atoms with Crippen molar-refractivity contribution in [2.45, 2.75) is 13.1 Å². The van der Waals surface area contributed by atoms with Crippen molar-refractivity contribution in [3.05, 3.63) is 77.8 Å². The Balaban J connectivity index is 1.27. The first-order valence-electron chi connectivity index (χ1n) is 9.44. The van der Waals surface area contributed by atoms with E-state index in [-0.39, 0.29) is 0 Å². The van der Waals surface area contributed by atoms with Crippen molar-refractivity contribution in [3.8, 4) is 11.3 Å². The SMILES string of the molecule is O=C(O)c1ccc(CN2CCN(Cc3ncc(-c4ccccc4)o3)CC2)cc1. The molecule has 0 aliphatic carbocycles. The van der Waals surface area contributed by atoms with Gasteiger partial charge in [-0.2, -0.15) is 0 Å². The predicted molar refractivity (Wildman–Crippen MR) is 106 cm³/mol. The highest BCUT2D eigenvalue weighted by molar-refractivity contribution is 5.87. The lowest BCUT2D eigenvalue weighted by Gasteiger charge is -2.34. The minimum Gasteiger partial charge on any atom is -0.478 e. The van der Waals surface area contributed by atoms with Crippen LogP contribution in [-0.4, -0.2) is 52.0 Å². The fraction of sp³-hybridized carbons (Fsp3) is 0.273. The van der Waals surface area contributed by atoms with Gasteiger partial charge in [-0.25, -0.2) is 9.78 Å². The van der Waals surface area contributed by atoms with E-state index in [2.05, 4.69) is 14.8 Å². The summed E-state index contributed by atoms with van der Waals surface area (Å²) in [6.45, 7) is 5.39. The molecule has 144 valence electrons. The monoisotopic (exact) mass is 377 g/mol. The van der Waals surface area contributed by atoms with Gasteiger partial charge in [-0.05, 0) is 17.7 Å². The molecule has 1 aliphatic rings. The number of hydrogen-bond acceptors (Lipinski definition) is 5. The van der Waals surface area contributed by atoms with Crippen LogP contribution in [0.3, 0.4) is 0 Å². The van der Waals surface area contributed by atoms with Crippen LogP contribution in [0.5, 0.6) is 0 Å². The number of piperazine rings is 1. The molecule has 0 unspecified atom stereocenters. The normalized spacial score (nSPS) is 15.6. The Kier molecular flexibility index (Phi) is 5.50. The van der Waals surface area contributed by atoms with Crippen molar-refractivity contribution >= 4 is 5.97 Å². The van der Waals surface area contributed by atoms with Gasteiger partial charge in [-0.1, -0.05) is 42.5 Å². The Morgan fingerprint density at radius 1 is 0.929 bits per heavy atom. The molecule has 28 heavy (non-hydrogen) atoms. The van der Waals surface area contributed by atoms with Gasteiger partial charge in [0, 0.05) is 38.3 Å². The summed E-state index contributed by atoms with van der Waals surface area (Å²) < 4.78 is 5.91. The Bertz CT molecular complexity index is 914. The van der Waals surface area contributed by atoms with Crippen LogP contribution in [0.15, 0.2) is 65.2 Å². The van der Waals surface area contributed by atoms with E-state index in [0.717, 1.165) is 55.5 Å². The Morgan fingerprint density at radius 2 is 1.57 bits per heavy atom. The second kappa shape index (κ2) is 8.37. The van der Waals surface area contributed by atoms with Gasteiger partial charge in [0.1, 0.15) is 0 Å². The van der Waals surface area contributed by atoms with Crippen LogP contribution in [0.1, 0.15) is 21.8 Å². The van der Waals surface area contributed by atoms with Crippen LogP contribution in [0.4, 0.5) is 0 Å². The maximum atomic E-state index is 10.9. The molecule has 1 N–H and O–H groups in total. The van der Waals surface area contributed by atoms with Crippen molar-refractivity contribution in [3.63, 3.8) is 0 Å². The number of nitrogens with zero attached hydrogens (tertiary/aromatic N) is 3. The first-order chi connectivity index (χ1) is 13.7. The number of aromatic carboxylic acids is 1. The molecule has 1 aromatic heterocycles. The maximum absolute atomic E-state index is 10.9. The molecule has 0 saturated carbocycles. The number of carboxylic acids is 1. The summed E-state index contributed by atoms with van der Waals surface area (Å²) in [5.74, 6) is 0.665. The molecule has 1 saturated heterocycles. The van der Waals surface area contributed by atoms with Crippen LogP contribution in [-0.2, 0) is 13.1 Å². The van der Waals surface area contributed by atoms with Crippen molar-refractivity contribution in [2.75, 3.05) is 26.2 Å². The van der Waals surface area contributed by atoms with Crippen LogP contribution in [0.2, 0.25) is 0 Å². The molecule has 2 aromatic carbocycles. The molecule has 2 heterocycles. The number of carbonyl (C=O) groups is 1. The zero-order valence-electron chi connectivity index (χ0n) is 15.6. The number of carboxylic acid groups (broad SMARTS) is 1. The summed E-state index contributed by atoms with van der Waals surface area (Å²) in [5, 5.41) is 8.98. The summed E-state index contributed by atoms with van der Waals surface area (Å²) in [4.78, 5) is 20.1. The van der Waals surface area contributed by atoms with Gasteiger partial charge in [0.15, 0.2) is 5.76 Å². The maximum Gasteiger partial charge on any atom is 0.335 e. The third-order valence-corrected chi connectivity index (χ3v) is 5.04. The number of aromatic nitrogens is 1. The molecule has 0 radical (unpaired) electrons. The largest absolute Gasteiger partial charge is 0.478 e. The summed E-state index contributed by atoms with van der Waals surface area (Å²) in [7, 11) is 0. The number of oxazole rings is 1. The highest BCUT2D eigenvalue weighted by Gasteiger charge is 2.19. The summed E-state index contributed by atoms with van der Waals surface area (Å²) in [5.41, 5.74) is 2.51. The molecule has 0 bridgehead atoms. The standard InChI is InChI=1S/C22H23N3O3/c26-22(27)19-8-6-17(7-9-19)15-24-10-12-25(13-11-24)16-21-23-14-20(28-21)18-4-2-1-3-5-18/h1-9,14H,10-13,15-16H2,(H,26,27). The number of rotatable bonds is 6. The third-order valence-electron chi connectivity index (χ3n) is 5.04. The first-order valence-corrected chi connectivity index (χ1v) is 9.44. The molecule has 6 heteroatoms. The molecule has 1 aliphatic heterocycles. The minimum atomic E-state index is -0.887. The molecule has 3 aromatic rings. The van der Waals surface area contributed by atoms with Gasteiger partial charge in [-0.15, -0.1) is 0 Å². The Labute approximate surface area is 164 Å². The molecule has 6 nitrogen and oxygen atoms in total. The Hall–Kier alpha value is -2.96. The molecule has 0 amide bonds. The van der Waals surface area contributed by atoms with Gasteiger partial charge in [-0.3, -0.25) is 9.80 Å². The lowest BCUT2D eigenvalue weighted by atomic mass is 10.1. The fourth-order valence-corrected chi connectivity index (χ4v) is 3.43. The Morgan fingerprint density at radius 3 is 2.21 bits per heavy atom. The van der Waals surface area contributed by atoms with E-state index in [1.54, 1.807) is 18.3 Å². The quantitative estimate of drug-likeness (QED) is 0.710. The van der Waals surface area contributed by atoms with Crippen molar-refractivity contribution < 1.29 is 14.3 Å². The van der Waals surface area contributed by atoms with Gasteiger partial charge in [0.25, 0.3) is 0 Å². The second-order valence-electron chi connectivity index (χ2n) is 7.04. The predicted octanol–water partition coefficient (Wildman–Crippen LogP) is 3.36. The smallest absolute Gasteiger partial charge is 0.335 e. The van der Waals surface area contributed by atoms with Crippen molar-refractivity contribution in [2.24, 2.45) is 0 Å². The number of benzene rings is 2. The minimum absolute atomic E-state index is 0.328. The molecule has 0 spiro atoms. The lowest BCUT2D eigenvalue weighted by molar-refractivity contribution is 0.0697. The van der Waals surface area contributed by atoms with Gasteiger partial charge >= 0.3 is 5.97 Å². The summed E-state index contributed by atoms with van der Waals surface area (Å²) >= 11 is 0. The molecule has 1 fully saturated rings. The van der Waals surface area contributed by atoms with E-state index < -0.39 is 5.97 Å². The van der Waals surface area contributed by atoms with Crippen LogP contribution in [0, 0.1) is 0 Å².